The Hall–Kier alpha value is 0.451. The fourth-order valence-electron chi connectivity index (χ4n) is 2.95. The summed E-state index contributed by atoms with van der Waals surface area (Å²) in [5, 5.41) is 0. The second-order valence-corrected chi connectivity index (χ2v) is 21.8. The molecule has 7 N–H and O–H groups in total. The highest BCUT2D eigenvalue weighted by Gasteiger charge is 2.31. The van der Waals surface area contributed by atoms with Gasteiger partial charge in [-0.05, 0) is 83.2 Å². The van der Waals surface area contributed by atoms with Crippen LogP contribution in [0.25, 0.3) is 0 Å². The number of hydrogen-bond acceptors (Lipinski definition) is 4. The molecule has 0 spiro atoms. The van der Waals surface area contributed by atoms with Gasteiger partial charge in [0.15, 0.2) is 16.6 Å². The molecule has 0 saturated carbocycles. The molecule has 1 heterocycles. The highest BCUT2D eigenvalue weighted by Crippen LogP contribution is 2.23. The van der Waals surface area contributed by atoms with Crippen LogP contribution in [0.3, 0.4) is 0 Å². The smallest absolute Gasteiger partial charge is 0.173 e. The van der Waals surface area contributed by atoms with Crippen LogP contribution in [0.2, 0.25) is 57.4 Å². The van der Waals surface area contributed by atoms with Crippen molar-refractivity contribution in [2.45, 2.75) is 76.7 Å². The van der Waals surface area contributed by atoms with Gasteiger partial charge in [0.1, 0.15) is 8.24 Å². The molecule has 1 fully saturated rings. The molecule has 1 aliphatic heterocycles. The second kappa shape index (κ2) is 11.9. The summed E-state index contributed by atoms with van der Waals surface area (Å²) < 4.78 is 6.40. The molecule has 0 aromatic carbocycles. The minimum atomic E-state index is -1.47. The van der Waals surface area contributed by atoms with Gasteiger partial charge in [0.05, 0.1) is 0 Å². The van der Waals surface area contributed by atoms with Gasteiger partial charge in [-0.25, -0.2) is 0 Å². The van der Waals surface area contributed by atoms with Crippen LogP contribution in [0, 0.1) is 0 Å². The van der Waals surface area contributed by atoms with Gasteiger partial charge in [0, 0.05) is 0 Å². The maximum absolute atomic E-state index is 6.40. The average Bonchev–Trinajstić information content (AvgIpc) is 2.78. The number of nitrogens with one attached hydrogen (secondary N) is 1. The highest BCUT2D eigenvalue weighted by molar-refractivity contribution is 6.84. The first kappa shape index (κ1) is 25.7. The first-order valence-corrected chi connectivity index (χ1v) is 18.3. The van der Waals surface area contributed by atoms with Crippen LogP contribution in [-0.4, -0.2) is 50.0 Å². The van der Waals surface area contributed by atoms with E-state index in [1.54, 1.807) is 0 Å². The van der Waals surface area contributed by atoms with Gasteiger partial charge in [0.2, 0.25) is 0 Å². The molecule has 0 aliphatic carbocycles. The van der Waals surface area contributed by atoms with Gasteiger partial charge in [0.25, 0.3) is 0 Å². The molecule has 0 amide bonds. The molecule has 0 atom stereocenters. The standard InChI is InChI=1S/C10H28N2OSi2.C5H13NSi.H2O/c1-14(2,9-5-7-11)13-15(3,4)10-6-8-12;1-7(2)5-3-4-6-7;/h5-12H2,1-4H3;6H,3-5H2,1-2H3;1H2. The van der Waals surface area contributed by atoms with Crippen LogP contribution in [-0.2, 0) is 4.12 Å². The third-order valence-corrected chi connectivity index (χ3v) is 14.4. The number of nitrogens with two attached hydrogens (primary N) is 2. The van der Waals surface area contributed by atoms with Crippen LogP contribution in [0.4, 0.5) is 0 Å². The molecule has 1 rings (SSSR count). The van der Waals surface area contributed by atoms with Gasteiger partial charge in [-0.15, -0.1) is 0 Å². The van der Waals surface area contributed by atoms with Gasteiger partial charge < -0.3 is 26.0 Å². The Morgan fingerprint density at radius 2 is 1.39 bits per heavy atom. The van der Waals surface area contributed by atoms with E-state index in [4.69, 9.17) is 15.6 Å². The van der Waals surface area contributed by atoms with E-state index >= 15 is 0 Å². The minimum Gasteiger partial charge on any atom is -0.455 e. The molecular weight excluding hydrogens is 338 g/mol. The normalized spacial score (nSPS) is 17.2. The van der Waals surface area contributed by atoms with Crippen molar-refractivity contribution in [3.8, 4) is 0 Å². The van der Waals surface area contributed by atoms with Gasteiger partial charge in [-0.3, -0.25) is 0 Å². The lowest BCUT2D eigenvalue weighted by atomic mass is 10.5. The number of hydrogen-bond donors (Lipinski definition) is 3. The summed E-state index contributed by atoms with van der Waals surface area (Å²) in [6.45, 7) is 16.8. The molecule has 8 heteroatoms. The number of rotatable bonds is 8. The summed E-state index contributed by atoms with van der Waals surface area (Å²) in [6.07, 6.45) is 3.61. The monoisotopic (exact) mass is 381 g/mol. The first-order valence-electron chi connectivity index (χ1n) is 8.89. The van der Waals surface area contributed by atoms with E-state index < -0.39 is 24.9 Å². The molecule has 23 heavy (non-hydrogen) atoms. The lowest BCUT2D eigenvalue weighted by Gasteiger charge is -2.34. The zero-order valence-corrected chi connectivity index (χ0v) is 19.4. The van der Waals surface area contributed by atoms with Crippen molar-refractivity contribution >= 4 is 24.9 Å². The molecule has 0 unspecified atom stereocenters. The van der Waals surface area contributed by atoms with Gasteiger partial charge in [-0.1, -0.05) is 13.1 Å². The summed E-state index contributed by atoms with van der Waals surface area (Å²) in [6, 6.07) is 3.85. The molecule has 1 aliphatic rings. The Labute approximate surface area is 147 Å². The summed E-state index contributed by atoms with van der Waals surface area (Å²) in [5.74, 6) is 0. The van der Waals surface area contributed by atoms with Crippen LogP contribution in [0.5, 0.6) is 0 Å². The SMILES string of the molecule is C[Si](C)(CCCN)O[Si](C)(C)CCCN.C[Si]1(C)CCCN1.O. The van der Waals surface area contributed by atoms with E-state index in [0.29, 0.717) is 0 Å². The van der Waals surface area contributed by atoms with Crippen LogP contribution >= 0.6 is 0 Å². The topological polar surface area (TPSA) is 105 Å². The van der Waals surface area contributed by atoms with E-state index in [1.807, 2.05) is 0 Å². The Morgan fingerprint density at radius 3 is 1.61 bits per heavy atom. The lowest BCUT2D eigenvalue weighted by Crippen LogP contribution is -2.44. The van der Waals surface area contributed by atoms with Gasteiger partial charge >= 0.3 is 0 Å². The zero-order valence-electron chi connectivity index (χ0n) is 16.4. The van der Waals surface area contributed by atoms with E-state index in [-0.39, 0.29) is 5.48 Å². The largest absolute Gasteiger partial charge is 0.455 e. The molecule has 0 bridgehead atoms. The van der Waals surface area contributed by atoms with Crippen molar-refractivity contribution in [1.82, 2.24) is 4.98 Å². The fraction of sp³-hybridized carbons (Fsp3) is 1.00. The summed E-state index contributed by atoms with van der Waals surface area (Å²) in [7, 11) is -3.73. The van der Waals surface area contributed by atoms with Gasteiger partial charge in [-0.2, -0.15) is 0 Å². The van der Waals surface area contributed by atoms with E-state index in [2.05, 4.69) is 44.3 Å². The van der Waals surface area contributed by atoms with Crippen LogP contribution < -0.4 is 16.4 Å². The lowest BCUT2D eigenvalue weighted by molar-refractivity contribution is 0.531. The fourth-order valence-corrected chi connectivity index (χ4v) is 14.0. The maximum Gasteiger partial charge on any atom is 0.173 e. The molecule has 1 saturated heterocycles. The molecule has 5 nitrogen and oxygen atoms in total. The molecule has 142 valence electrons. The predicted octanol–water partition coefficient (Wildman–Crippen LogP) is 2.47. The highest BCUT2D eigenvalue weighted by atomic mass is 28.4. The zero-order chi connectivity index (χ0) is 17.3. The van der Waals surface area contributed by atoms with E-state index in [0.717, 1.165) is 25.9 Å². The maximum atomic E-state index is 6.40. The molecule has 0 aromatic rings. The minimum absolute atomic E-state index is 0. The first-order chi connectivity index (χ1) is 10.0. The van der Waals surface area contributed by atoms with Crippen molar-refractivity contribution in [2.75, 3.05) is 19.6 Å². The van der Waals surface area contributed by atoms with Crippen molar-refractivity contribution < 1.29 is 9.59 Å². The predicted molar refractivity (Wildman–Crippen MR) is 112 cm³/mol. The molecule has 0 aromatic heterocycles. The third-order valence-electron chi connectivity index (χ3n) is 4.10. The Morgan fingerprint density at radius 1 is 0.957 bits per heavy atom. The Balaban J connectivity index is 0. The van der Waals surface area contributed by atoms with E-state index in [1.165, 1.54) is 31.1 Å². The van der Waals surface area contributed by atoms with Crippen molar-refractivity contribution in [3.05, 3.63) is 0 Å². The average molecular weight is 382 g/mol. The summed E-state index contributed by atoms with van der Waals surface area (Å²) >= 11 is 0. The van der Waals surface area contributed by atoms with Crippen molar-refractivity contribution in [2.24, 2.45) is 11.5 Å². The second-order valence-electron chi connectivity index (χ2n) is 8.32. The summed E-state index contributed by atoms with van der Waals surface area (Å²) in [5.41, 5.74) is 11.1. The Kier molecular flexibility index (Phi) is 13.3. The quantitative estimate of drug-likeness (QED) is 0.562. The molecular formula is C15H43N3O2Si3. The third kappa shape index (κ3) is 14.5. The van der Waals surface area contributed by atoms with Crippen LogP contribution in [0.1, 0.15) is 19.3 Å². The van der Waals surface area contributed by atoms with Crippen molar-refractivity contribution in [3.63, 3.8) is 0 Å². The van der Waals surface area contributed by atoms with Crippen LogP contribution in [0.15, 0.2) is 0 Å². The molecule has 0 radical (unpaired) electrons. The Bertz CT molecular complexity index is 278. The summed E-state index contributed by atoms with van der Waals surface area (Å²) in [4.78, 5) is 3.53. The van der Waals surface area contributed by atoms with Crippen molar-refractivity contribution in [1.29, 1.82) is 0 Å². The van der Waals surface area contributed by atoms with E-state index in [9.17, 15) is 0 Å².